The average Bonchev–Trinajstić information content (AvgIpc) is 3.14. The Labute approximate surface area is 152 Å². The molecule has 2 aromatic rings. The van der Waals surface area contributed by atoms with Gasteiger partial charge in [0.1, 0.15) is 0 Å². The Morgan fingerprint density at radius 2 is 2.08 bits per heavy atom. The maximum Gasteiger partial charge on any atom is 0.303 e. The molecule has 6 nitrogen and oxygen atoms in total. The second-order valence-corrected chi connectivity index (χ2v) is 6.61. The number of aromatic nitrogens is 2. The van der Waals surface area contributed by atoms with Crippen LogP contribution < -0.4 is 0 Å². The van der Waals surface area contributed by atoms with Gasteiger partial charge in [-0.05, 0) is 43.4 Å². The van der Waals surface area contributed by atoms with Crippen molar-refractivity contribution in [2.24, 2.45) is 5.92 Å². The van der Waals surface area contributed by atoms with E-state index < -0.39 is 5.97 Å². The van der Waals surface area contributed by atoms with E-state index in [2.05, 4.69) is 5.10 Å². The van der Waals surface area contributed by atoms with E-state index in [1.807, 2.05) is 41.4 Å². The number of para-hydroxylation sites is 1. The molecule has 1 aromatic heterocycles. The van der Waals surface area contributed by atoms with Crippen molar-refractivity contribution in [3.63, 3.8) is 0 Å². The van der Waals surface area contributed by atoms with Crippen LogP contribution in [0.1, 0.15) is 31.2 Å². The number of carboxylic acids is 1. The standard InChI is InChI=1S/C20H23N3O3/c24-19(22-12-4-5-16(14-22)9-11-20(25)26)10-8-17-13-21-23(15-17)18-6-2-1-3-7-18/h1-3,6-8,10,13,15-16H,4-5,9,11-12,14H2,(H,25,26). The first kappa shape index (κ1) is 17.9. The number of carboxylic acid groups (broad SMARTS) is 1. The van der Waals surface area contributed by atoms with Crippen LogP contribution in [0.4, 0.5) is 0 Å². The average molecular weight is 353 g/mol. The van der Waals surface area contributed by atoms with E-state index in [-0.39, 0.29) is 18.2 Å². The molecule has 1 aromatic carbocycles. The fraction of sp³-hybridized carbons (Fsp3) is 0.350. The highest BCUT2D eigenvalue weighted by Crippen LogP contribution is 2.21. The maximum absolute atomic E-state index is 12.4. The molecule has 0 aliphatic carbocycles. The zero-order valence-electron chi connectivity index (χ0n) is 14.6. The summed E-state index contributed by atoms with van der Waals surface area (Å²) in [4.78, 5) is 25.0. The summed E-state index contributed by atoms with van der Waals surface area (Å²) >= 11 is 0. The van der Waals surface area contributed by atoms with E-state index in [0.29, 0.717) is 13.0 Å². The molecule has 1 fully saturated rings. The van der Waals surface area contributed by atoms with E-state index in [1.165, 1.54) is 0 Å². The fourth-order valence-corrected chi connectivity index (χ4v) is 3.25. The minimum absolute atomic E-state index is 0.0301. The smallest absolute Gasteiger partial charge is 0.303 e. The molecular formula is C20H23N3O3. The van der Waals surface area contributed by atoms with Crippen LogP contribution in [0.25, 0.3) is 11.8 Å². The Morgan fingerprint density at radius 1 is 1.27 bits per heavy atom. The Morgan fingerprint density at radius 3 is 2.85 bits per heavy atom. The first-order valence-electron chi connectivity index (χ1n) is 8.90. The quantitative estimate of drug-likeness (QED) is 0.810. The summed E-state index contributed by atoms with van der Waals surface area (Å²) in [5, 5.41) is 13.1. The molecule has 1 saturated heterocycles. The summed E-state index contributed by atoms with van der Waals surface area (Å²) in [5.74, 6) is -0.528. The van der Waals surface area contributed by atoms with Gasteiger partial charge >= 0.3 is 5.97 Å². The third kappa shape index (κ3) is 4.81. The van der Waals surface area contributed by atoms with E-state index in [4.69, 9.17) is 5.11 Å². The molecule has 1 unspecified atom stereocenters. The maximum atomic E-state index is 12.4. The van der Waals surface area contributed by atoms with E-state index >= 15 is 0 Å². The van der Waals surface area contributed by atoms with Gasteiger partial charge in [-0.15, -0.1) is 0 Å². The van der Waals surface area contributed by atoms with Crippen LogP contribution in [-0.4, -0.2) is 44.8 Å². The van der Waals surface area contributed by atoms with Crippen LogP contribution in [-0.2, 0) is 9.59 Å². The summed E-state index contributed by atoms with van der Waals surface area (Å²) in [6, 6.07) is 9.79. The Kier molecular flexibility index (Phi) is 5.84. The van der Waals surface area contributed by atoms with E-state index in [1.54, 1.807) is 23.0 Å². The highest BCUT2D eigenvalue weighted by molar-refractivity contribution is 5.91. The number of benzene rings is 1. The summed E-state index contributed by atoms with van der Waals surface area (Å²) in [6.07, 6.45) is 9.67. The minimum atomic E-state index is -0.774. The summed E-state index contributed by atoms with van der Waals surface area (Å²) in [6.45, 7) is 1.37. The molecule has 2 heterocycles. The van der Waals surface area contributed by atoms with Gasteiger partial charge in [-0.25, -0.2) is 4.68 Å². The molecule has 0 spiro atoms. The molecule has 6 heteroatoms. The molecule has 3 rings (SSSR count). The predicted octanol–water partition coefficient (Wildman–Crippen LogP) is 2.99. The van der Waals surface area contributed by atoms with Gasteiger partial charge in [0.05, 0.1) is 11.9 Å². The highest BCUT2D eigenvalue weighted by Gasteiger charge is 2.22. The van der Waals surface area contributed by atoms with Crippen molar-refractivity contribution in [1.82, 2.24) is 14.7 Å². The van der Waals surface area contributed by atoms with Crippen LogP contribution in [0.3, 0.4) is 0 Å². The van der Waals surface area contributed by atoms with Crippen LogP contribution in [0.15, 0.2) is 48.8 Å². The number of carbonyl (C=O) groups is 2. The van der Waals surface area contributed by atoms with E-state index in [0.717, 1.165) is 30.6 Å². The third-order valence-corrected chi connectivity index (χ3v) is 4.64. The van der Waals surface area contributed by atoms with Crippen LogP contribution in [0.5, 0.6) is 0 Å². The number of hydrogen-bond donors (Lipinski definition) is 1. The second-order valence-electron chi connectivity index (χ2n) is 6.61. The van der Waals surface area contributed by atoms with Gasteiger partial charge in [0.25, 0.3) is 0 Å². The number of amides is 1. The number of rotatable bonds is 6. The molecule has 26 heavy (non-hydrogen) atoms. The number of carbonyl (C=O) groups excluding carboxylic acids is 1. The second kappa shape index (κ2) is 8.47. The number of aliphatic carboxylic acids is 1. The Hall–Kier alpha value is -2.89. The van der Waals surface area contributed by atoms with Crippen molar-refractivity contribution in [3.05, 3.63) is 54.4 Å². The van der Waals surface area contributed by atoms with Crippen molar-refractivity contribution in [2.75, 3.05) is 13.1 Å². The zero-order chi connectivity index (χ0) is 18.4. The molecule has 1 aliphatic rings. The lowest BCUT2D eigenvalue weighted by Crippen LogP contribution is -2.39. The Bertz CT molecular complexity index is 783. The molecule has 0 bridgehead atoms. The normalized spacial score (nSPS) is 17.5. The van der Waals surface area contributed by atoms with Gasteiger partial charge < -0.3 is 10.0 Å². The number of piperidine rings is 1. The van der Waals surface area contributed by atoms with Gasteiger partial charge in [0.2, 0.25) is 5.91 Å². The van der Waals surface area contributed by atoms with Gasteiger partial charge in [-0.3, -0.25) is 9.59 Å². The predicted molar refractivity (Wildman–Crippen MR) is 98.8 cm³/mol. The highest BCUT2D eigenvalue weighted by atomic mass is 16.4. The summed E-state index contributed by atoms with van der Waals surface area (Å²) < 4.78 is 1.77. The first-order chi connectivity index (χ1) is 12.6. The summed E-state index contributed by atoms with van der Waals surface area (Å²) in [7, 11) is 0. The molecule has 1 N–H and O–H groups in total. The molecule has 0 radical (unpaired) electrons. The first-order valence-corrected chi connectivity index (χ1v) is 8.90. The topological polar surface area (TPSA) is 75.4 Å². The van der Waals surface area contributed by atoms with Gasteiger partial charge in [-0.2, -0.15) is 5.10 Å². The minimum Gasteiger partial charge on any atom is -0.481 e. The van der Waals surface area contributed by atoms with Gasteiger partial charge in [-0.1, -0.05) is 18.2 Å². The zero-order valence-corrected chi connectivity index (χ0v) is 14.6. The molecule has 0 saturated carbocycles. The van der Waals surface area contributed by atoms with Crippen molar-refractivity contribution in [1.29, 1.82) is 0 Å². The largest absolute Gasteiger partial charge is 0.481 e. The summed E-state index contributed by atoms with van der Waals surface area (Å²) in [5.41, 5.74) is 1.83. The van der Waals surface area contributed by atoms with Crippen LogP contribution in [0, 0.1) is 5.92 Å². The number of hydrogen-bond acceptors (Lipinski definition) is 3. The van der Waals surface area contributed by atoms with Crippen LogP contribution in [0.2, 0.25) is 0 Å². The molecule has 1 atom stereocenters. The van der Waals surface area contributed by atoms with Gasteiger partial charge in [0.15, 0.2) is 0 Å². The fourth-order valence-electron chi connectivity index (χ4n) is 3.25. The third-order valence-electron chi connectivity index (χ3n) is 4.64. The lowest BCUT2D eigenvalue weighted by atomic mass is 9.93. The van der Waals surface area contributed by atoms with Crippen molar-refractivity contribution >= 4 is 18.0 Å². The number of nitrogens with zero attached hydrogens (tertiary/aromatic N) is 3. The van der Waals surface area contributed by atoms with Crippen molar-refractivity contribution in [2.45, 2.75) is 25.7 Å². The monoisotopic (exact) mass is 353 g/mol. The van der Waals surface area contributed by atoms with Gasteiger partial charge in [0, 0.05) is 37.3 Å². The molecule has 1 aliphatic heterocycles. The molecule has 136 valence electrons. The lowest BCUT2D eigenvalue weighted by molar-refractivity contribution is -0.137. The van der Waals surface area contributed by atoms with Crippen molar-refractivity contribution in [3.8, 4) is 5.69 Å². The number of likely N-dealkylation sites (tertiary alicyclic amines) is 1. The molecule has 1 amide bonds. The van der Waals surface area contributed by atoms with Crippen LogP contribution >= 0.6 is 0 Å². The van der Waals surface area contributed by atoms with E-state index in [9.17, 15) is 9.59 Å². The SMILES string of the molecule is O=C(O)CCC1CCCN(C(=O)C=Cc2cnn(-c3ccccc3)c2)C1. The van der Waals surface area contributed by atoms with Crippen molar-refractivity contribution < 1.29 is 14.7 Å². The molecular weight excluding hydrogens is 330 g/mol. The lowest BCUT2D eigenvalue weighted by Gasteiger charge is -2.31. The Balaban J connectivity index is 1.57.